The first-order chi connectivity index (χ1) is 10.5. The molecule has 0 aliphatic carbocycles. The molecular formula is C18H28O3Si. The molecule has 1 saturated heterocycles. The molecule has 0 spiro atoms. The monoisotopic (exact) mass is 320 g/mol. The molecule has 1 aromatic rings. The number of benzene rings is 1. The molecule has 122 valence electrons. The van der Waals surface area contributed by atoms with Crippen LogP contribution in [0.3, 0.4) is 0 Å². The summed E-state index contributed by atoms with van der Waals surface area (Å²) in [6.45, 7) is 8.04. The maximum Gasteiger partial charge on any atom is 0.120 e. The fourth-order valence-electron chi connectivity index (χ4n) is 2.22. The second-order valence-electron chi connectivity index (χ2n) is 7.08. The van der Waals surface area contributed by atoms with Gasteiger partial charge in [-0.15, -0.1) is 0 Å². The van der Waals surface area contributed by atoms with Crippen LogP contribution in [-0.2, 0) is 4.74 Å². The van der Waals surface area contributed by atoms with Crippen LogP contribution in [0.2, 0.25) is 25.7 Å². The molecule has 1 heterocycles. The van der Waals surface area contributed by atoms with Gasteiger partial charge in [0.15, 0.2) is 0 Å². The SMILES string of the molecule is COc1ccc(O[C@@H](C/C=C/C[Si](C)(C)C)C[C@H]2CO2)cc1. The molecule has 0 aromatic heterocycles. The molecule has 1 aromatic carbocycles. The van der Waals surface area contributed by atoms with Crippen LogP contribution in [0, 0.1) is 0 Å². The van der Waals surface area contributed by atoms with Gasteiger partial charge in [-0.25, -0.2) is 0 Å². The van der Waals surface area contributed by atoms with Crippen LogP contribution in [-0.4, -0.2) is 34.0 Å². The van der Waals surface area contributed by atoms with E-state index < -0.39 is 8.07 Å². The Morgan fingerprint density at radius 2 is 1.82 bits per heavy atom. The summed E-state index contributed by atoms with van der Waals surface area (Å²) in [6.07, 6.45) is 7.06. The van der Waals surface area contributed by atoms with Gasteiger partial charge >= 0.3 is 0 Å². The molecule has 1 aliphatic rings. The Kier molecular flexibility index (Phi) is 6.09. The highest BCUT2D eigenvalue weighted by atomic mass is 28.3. The van der Waals surface area contributed by atoms with Crippen LogP contribution in [0.25, 0.3) is 0 Å². The first-order valence-corrected chi connectivity index (χ1v) is 11.7. The summed E-state index contributed by atoms with van der Waals surface area (Å²) in [5, 5.41) is 0. The summed E-state index contributed by atoms with van der Waals surface area (Å²) in [6, 6.07) is 9.01. The van der Waals surface area contributed by atoms with E-state index in [1.165, 1.54) is 6.04 Å². The lowest BCUT2D eigenvalue weighted by atomic mass is 10.1. The van der Waals surface area contributed by atoms with Crippen molar-refractivity contribution in [2.45, 2.75) is 50.7 Å². The average Bonchev–Trinajstić information content (AvgIpc) is 3.27. The van der Waals surface area contributed by atoms with Crippen LogP contribution in [0.15, 0.2) is 36.4 Å². The summed E-state index contributed by atoms with van der Waals surface area (Å²) in [4.78, 5) is 0. The lowest BCUT2D eigenvalue weighted by molar-refractivity contribution is 0.179. The highest BCUT2D eigenvalue weighted by Crippen LogP contribution is 2.24. The van der Waals surface area contributed by atoms with Crippen molar-refractivity contribution in [3.63, 3.8) is 0 Å². The summed E-state index contributed by atoms with van der Waals surface area (Å²) in [7, 11) is 0.673. The van der Waals surface area contributed by atoms with Crippen LogP contribution in [0.5, 0.6) is 11.5 Å². The van der Waals surface area contributed by atoms with Crippen LogP contribution in [0.4, 0.5) is 0 Å². The van der Waals surface area contributed by atoms with E-state index in [-0.39, 0.29) is 6.10 Å². The minimum absolute atomic E-state index is 0.179. The van der Waals surface area contributed by atoms with Gasteiger partial charge in [0.2, 0.25) is 0 Å². The standard InChI is InChI=1S/C18H28O3Si/c1-19-15-8-10-16(11-9-15)21-17(13-18-14-20-18)7-5-6-12-22(2,3)4/h5-6,8-11,17-18H,7,12-14H2,1-4H3/b6-5+/t17-,18-/m0/s1. The molecule has 0 bridgehead atoms. The quantitative estimate of drug-likeness (QED) is 0.381. The third kappa shape index (κ3) is 6.67. The molecule has 1 aliphatic heterocycles. The van der Waals surface area contributed by atoms with Gasteiger partial charge in [-0.2, -0.15) is 0 Å². The van der Waals surface area contributed by atoms with Crippen molar-refractivity contribution in [2.24, 2.45) is 0 Å². The fraction of sp³-hybridized carbons (Fsp3) is 0.556. The van der Waals surface area contributed by atoms with Crippen LogP contribution < -0.4 is 9.47 Å². The maximum atomic E-state index is 6.12. The van der Waals surface area contributed by atoms with Crippen molar-refractivity contribution >= 4 is 8.07 Å². The van der Waals surface area contributed by atoms with E-state index in [9.17, 15) is 0 Å². The zero-order valence-corrected chi connectivity index (χ0v) is 15.2. The first kappa shape index (κ1) is 17.1. The van der Waals surface area contributed by atoms with E-state index in [2.05, 4.69) is 31.8 Å². The van der Waals surface area contributed by atoms with E-state index in [4.69, 9.17) is 14.2 Å². The molecule has 0 N–H and O–H groups in total. The van der Waals surface area contributed by atoms with Crippen LogP contribution in [0.1, 0.15) is 12.8 Å². The normalized spacial score (nSPS) is 19.2. The zero-order chi connectivity index (χ0) is 16.0. The highest BCUT2D eigenvalue weighted by Gasteiger charge is 2.27. The highest BCUT2D eigenvalue weighted by molar-refractivity contribution is 6.76. The summed E-state index contributed by atoms with van der Waals surface area (Å²) >= 11 is 0. The van der Waals surface area contributed by atoms with Gasteiger partial charge in [0.05, 0.1) is 19.8 Å². The minimum atomic E-state index is -1.000. The molecule has 0 saturated carbocycles. The van der Waals surface area contributed by atoms with Gasteiger partial charge in [0, 0.05) is 20.9 Å². The minimum Gasteiger partial charge on any atom is -0.497 e. The topological polar surface area (TPSA) is 31.0 Å². The van der Waals surface area contributed by atoms with E-state index in [0.717, 1.165) is 30.9 Å². The Balaban J connectivity index is 1.87. The molecule has 2 rings (SSSR count). The number of ether oxygens (including phenoxy) is 3. The predicted molar refractivity (Wildman–Crippen MR) is 93.7 cm³/mol. The Hall–Kier alpha value is -1.26. The first-order valence-electron chi connectivity index (χ1n) is 8.03. The van der Waals surface area contributed by atoms with Crippen molar-refractivity contribution in [1.82, 2.24) is 0 Å². The van der Waals surface area contributed by atoms with Gasteiger partial charge < -0.3 is 14.2 Å². The Morgan fingerprint density at radius 3 is 2.36 bits per heavy atom. The van der Waals surface area contributed by atoms with E-state index in [1.807, 2.05) is 24.3 Å². The molecule has 4 heteroatoms. The fourth-order valence-corrected chi connectivity index (χ4v) is 3.10. The van der Waals surface area contributed by atoms with E-state index in [0.29, 0.717) is 6.10 Å². The average molecular weight is 321 g/mol. The third-order valence-corrected chi connectivity index (χ3v) is 5.05. The van der Waals surface area contributed by atoms with Crippen molar-refractivity contribution in [3.05, 3.63) is 36.4 Å². The number of rotatable bonds is 9. The predicted octanol–water partition coefficient (Wildman–Crippen LogP) is 4.52. The van der Waals surface area contributed by atoms with E-state index in [1.54, 1.807) is 7.11 Å². The molecular weight excluding hydrogens is 292 g/mol. The third-order valence-electron chi connectivity index (χ3n) is 3.59. The maximum absolute atomic E-state index is 6.12. The van der Waals surface area contributed by atoms with Gasteiger partial charge in [0.25, 0.3) is 0 Å². The molecule has 2 atom stereocenters. The number of methoxy groups -OCH3 is 1. The van der Waals surface area contributed by atoms with Gasteiger partial charge in [0.1, 0.15) is 17.6 Å². The Bertz CT molecular complexity index is 472. The molecule has 1 fully saturated rings. The number of hydrogen-bond acceptors (Lipinski definition) is 3. The van der Waals surface area contributed by atoms with E-state index >= 15 is 0 Å². The Morgan fingerprint density at radius 1 is 1.18 bits per heavy atom. The van der Waals surface area contributed by atoms with Gasteiger partial charge in [-0.05, 0) is 30.3 Å². The van der Waals surface area contributed by atoms with Gasteiger partial charge in [-0.3, -0.25) is 0 Å². The lowest BCUT2D eigenvalue weighted by Gasteiger charge is -2.17. The van der Waals surface area contributed by atoms with Crippen molar-refractivity contribution in [3.8, 4) is 11.5 Å². The number of epoxide rings is 1. The largest absolute Gasteiger partial charge is 0.497 e. The van der Waals surface area contributed by atoms with Crippen molar-refractivity contribution < 1.29 is 14.2 Å². The molecule has 0 radical (unpaired) electrons. The zero-order valence-electron chi connectivity index (χ0n) is 14.2. The smallest absolute Gasteiger partial charge is 0.120 e. The molecule has 0 unspecified atom stereocenters. The summed E-state index contributed by atoms with van der Waals surface area (Å²) < 4.78 is 16.7. The molecule has 22 heavy (non-hydrogen) atoms. The Labute approximate surface area is 135 Å². The number of allylic oxidation sites excluding steroid dienone is 1. The number of hydrogen-bond donors (Lipinski definition) is 0. The second kappa shape index (κ2) is 7.84. The van der Waals surface area contributed by atoms with Crippen molar-refractivity contribution in [2.75, 3.05) is 13.7 Å². The summed E-state index contributed by atoms with van der Waals surface area (Å²) in [5.41, 5.74) is 0. The molecule has 0 amide bonds. The van der Waals surface area contributed by atoms with Crippen LogP contribution >= 0.6 is 0 Å². The molecule has 3 nitrogen and oxygen atoms in total. The second-order valence-corrected chi connectivity index (χ2v) is 12.6. The van der Waals surface area contributed by atoms with Crippen molar-refractivity contribution in [1.29, 1.82) is 0 Å². The summed E-state index contributed by atoms with van der Waals surface area (Å²) in [5.74, 6) is 1.74. The van der Waals surface area contributed by atoms with Gasteiger partial charge in [-0.1, -0.05) is 31.8 Å². The lowest BCUT2D eigenvalue weighted by Crippen LogP contribution is -2.19.